The van der Waals surface area contributed by atoms with Crippen LogP contribution < -0.4 is 5.56 Å². The molecule has 0 bridgehead atoms. The van der Waals surface area contributed by atoms with Crippen molar-refractivity contribution in [1.29, 1.82) is 0 Å². The summed E-state index contributed by atoms with van der Waals surface area (Å²) >= 11 is 0. The van der Waals surface area contributed by atoms with Crippen LogP contribution in [0.1, 0.15) is 17.9 Å². The Morgan fingerprint density at radius 2 is 2.00 bits per heavy atom. The molecule has 1 aromatic heterocycles. The number of aryl methyl sites for hydroxylation is 2. The number of H-pyrrole nitrogens is 1. The van der Waals surface area contributed by atoms with Crippen LogP contribution in [0.4, 0.5) is 17.6 Å². The Balaban J connectivity index is 2.84. The van der Waals surface area contributed by atoms with Gasteiger partial charge in [0.2, 0.25) is 5.82 Å². The molecule has 1 rings (SSSR count). The number of hydrogen-bond donors (Lipinski definition) is 1. The standard InChI is InChI=1S/C8H8F4N2O/c1-4-6(9)7(15)14-5(13-4)2-3-8(10,11)12/h2-3H2,1H3,(H,13,14,15). The van der Waals surface area contributed by atoms with Crippen molar-refractivity contribution in [3.8, 4) is 0 Å². The summed E-state index contributed by atoms with van der Waals surface area (Å²) < 4.78 is 48.2. The van der Waals surface area contributed by atoms with Crippen molar-refractivity contribution >= 4 is 0 Å². The molecule has 0 unspecified atom stereocenters. The van der Waals surface area contributed by atoms with Crippen molar-refractivity contribution in [2.24, 2.45) is 0 Å². The predicted molar refractivity (Wildman–Crippen MR) is 43.9 cm³/mol. The van der Waals surface area contributed by atoms with Gasteiger partial charge < -0.3 is 4.98 Å². The molecule has 0 radical (unpaired) electrons. The first-order valence-electron chi connectivity index (χ1n) is 4.11. The summed E-state index contributed by atoms with van der Waals surface area (Å²) in [6.45, 7) is 1.22. The normalized spacial score (nSPS) is 11.8. The number of nitrogens with zero attached hydrogens (tertiary/aromatic N) is 1. The van der Waals surface area contributed by atoms with E-state index < -0.39 is 30.4 Å². The van der Waals surface area contributed by atoms with Crippen molar-refractivity contribution < 1.29 is 17.6 Å². The minimum absolute atomic E-state index is 0.156. The highest BCUT2D eigenvalue weighted by Gasteiger charge is 2.27. The summed E-state index contributed by atoms with van der Waals surface area (Å²) in [6, 6.07) is 0. The molecule has 0 aliphatic heterocycles. The summed E-state index contributed by atoms with van der Waals surface area (Å²) in [6.07, 6.45) is -5.87. The van der Waals surface area contributed by atoms with Gasteiger partial charge in [-0.3, -0.25) is 4.79 Å². The van der Waals surface area contributed by atoms with Crippen molar-refractivity contribution in [2.45, 2.75) is 25.9 Å². The molecule has 0 spiro atoms. The topological polar surface area (TPSA) is 45.8 Å². The Morgan fingerprint density at radius 3 is 2.47 bits per heavy atom. The lowest BCUT2D eigenvalue weighted by atomic mass is 10.3. The van der Waals surface area contributed by atoms with E-state index in [0.717, 1.165) is 0 Å². The van der Waals surface area contributed by atoms with Gasteiger partial charge in [0.05, 0.1) is 12.1 Å². The lowest BCUT2D eigenvalue weighted by Crippen LogP contribution is -2.19. The van der Waals surface area contributed by atoms with Crippen LogP contribution >= 0.6 is 0 Å². The Morgan fingerprint density at radius 1 is 1.40 bits per heavy atom. The Kier molecular flexibility index (Phi) is 3.11. The second-order valence-electron chi connectivity index (χ2n) is 3.03. The summed E-state index contributed by atoms with van der Waals surface area (Å²) in [5.74, 6) is -1.22. The van der Waals surface area contributed by atoms with E-state index >= 15 is 0 Å². The van der Waals surface area contributed by atoms with E-state index in [1.807, 2.05) is 4.98 Å². The van der Waals surface area contributed by atoms with Gasteiger partial charge in [-0.15, -0.1) is 0 Å². The average molecular weight is 224 g/mol. The van der Waals surface area contributed by atoms with Crippen LogP contribution in [0.3, 0.4) is 0 Å². The van der Waals surface area contributed by atoms with E-state index in [0.29, 0.717) is 0 Å². The van der Waals surface area contributed by atoms with Gasteiger partial charge in [-0.1, -0.05) is 0 Å². The fourth-order valence-corrected chi connectivity index (χ4v) is 1.01. The van der Waals surface area contributed by atoms with Crippen molar-refractivity contribution in [2.75, 3.05) is 0 Å². The van der Waals surface area contributed by atoms with Crippen LogP contribution in [-0.4, -0.2) is 16.1 Å². The summed E-state index contributed by atoms with van der Waals surface area (Å²) in [5.41, 5.74) is -1.24. The molecule has 0 aliphatic rings. The molecular weight excluding hydrogens is 216 g/mol. The monoisotopic (exact) mass is 224 g/mol. The third-order valence-electron chi connectivity index (χ3n) is 1.72. The maximum absolute atomic E-state index is 12.8. The van der Waals surface area contributed by atoms with Gasteiger partial charge in [0.25, 0.3) is 5.56 Å². The van der Waals surface area contributed by atoms with Gasteiger partial charge in [0.1, 0.15) is 5.82 Å². The van der Waals surface area contributed by atoms with Crippen LogP contribution in [0.2, 0.25) is 0 Å². The molecule has 0 amide bonds. The molecule has 0 aliphatic carbocycles. The fourth-order valence-electron chi connectivity index (χ4n) is 1.01. The van der Waals surface area contributed by atoms with Crippen LogP contribution in [0.25, 0.3) is 0 Å². The quantitative estimate of drug-likeness (QED) is 0.777. The number of aromatic nitrogens is 2. The van der Waals surface area contributed by atoms with Crippen LogP contribution in [-0.2, 0) is 6.42 Å². The molecule has 1 aromatic rings. The molecule has 1 N–H and O–H groups in total. The maximum Gasteiger partial charge on any atom is 0.389 e. The van der Waals surface area contributed by atoms with Gasteiger partial charge in [-0.05, 0) is 6.92 Å². The van der Waals surface area contributed by atoms with Crippen molar-refractivity contribution in [3.63, 3.8) is 0 Å². The average Bonchev–Trinajstić information content (AvgIpc) is 2.09. The molecule has 0 saturated heterocycles. The zero-order valence-electron chi connectivity index (χ0n) is 7.78. The lowest BCUT2D eigenvalue weighted by Gasteiger charge is -2.05. The Hall–Kier alpha value is -1.40. The van der Waals surface area contributed by atoms with Crippen molar-refractivity contribution in [3.05, 3.63) is 27.7 Å². The SMILES string of the molecule is Cc1nc(CCC(F)(F)F)[nH]c(=O)c1F. The summed E-state index contributed by atoms with van der Waals surface area (Å²) in [4.78, 5) is 16.3. The number of rotatable bonds is 2. The third-order valence-corrected chi connectivity index (χ3v) is 1.72. The zero-order chi connectivity index (χ0) is 11.6. The van der Waals surface area contributed by atoms with E-state index in [1.54, 1.807) is 0 Å². The molecule has 1 heterocycles. The van der Waals surface area contributed by atoms with Gasteiger partial charge in [-0.25, -0.2) is 4.98 Å². The number of hydrogen-bond acceptors (Lipinski definition) is 2. The highest BCUT2D eigenvalue weighted by molar-refractivity contribution is 5.03. The maximum atomic E-state index is 12.8. The number of halogens is 4. The van der Waals surface area contributed by atoms with Gasteiger partial charge in [0, 0.05) is 6.42 Å². The van der Waals surface area contributed by atoms with Crippen LogP contribution in [0.5, 0.6) is 0 Å². The van der Waals surface area contributed by atoms with E-state index in [4.69, 9.17) is 0 Å². The highest BCUT2D eigenvalue weighted by atomic mass is 19.4. The van der Waals surface area contributed by atoms with Crippen LogP contribution in [0.15, 0.2) is 4.79 Å². The molecule has 7 heteroatoms. The zero-order valence-corrected chi connectivity index (χ0v) is 7.78. The number of alkyl halides is 3. The first-order valence-corrected chi connectivity index (χ1v) is 4.11. The summed E-state index contributed by atoms with van der Waals surface area (Å²) in [7, 11) is 0. The molecular formula is C8H8F4N2O. The first kappa shape index (κ1) is 11.7. The lowest BCUT2D eigenvalue weighted by molar-refractivity contribution is -0.134. The molecule has 0 aromatic carbocycles. The molecule has 0 saturated carbocycles. The second kappa shape index (κ2) is 4.00. The van der Waals surface area contributed by atoms with E-state index in [-0.39, 0.29) is 11.5 Å². The minimum atomic E-state index is -4.32. The van der Waals surface area contributed by atoms with Gasteiger partial charge in [-0.2, -0.15) is 17.6 Å². The number of nitrogens with one attached hydrogen (secondary N) is 1. The molecule has 84 valence electrons. The minimum Gasteiger partial charge on any atom is -0.308 e. The van der Waals surface area contributed by atoms with Gasteiger partial charge >= 0.3 is 6.18 Å². The van der Waals surface area contributed by atoms with E-state index in [2.05, 4.69) is 4.98 Å². The largest absolute Gasteiger partial charge is 0.389 e. The van der Waals surface area contributed by atoms with Crippen LogP contribution in [0, 0.1) is 12.7 Å². The van der Waals surface area contributed by atoms with Gasteiger partial charge in [0.15, 0.2) is 0 Å². The third kappa shape index (κ3) is 3.34. The smallest absolute Gasteiger partial charge is 0.308 e. The molecule has 0 atom stereocenters. The Labute approximate surface area is 82.2 Å². The summed E-state index contributed by atoms with van der Waals surface area (Å²) in [5, 5.41) is 0. The predicted octanol–water partition coefficient (Wildman–Crippen LogP) is 1.71. The second-order valence-corrected chi connectivity index (χ2v) is 3.03. The van der Waals surface area contributed by atoms with E-state index in [9.17, 15) is 22.4 Å². The molecule has 3 nitrogen and oxygen atoms in total. The fraction of sp³-hybridized carbons (Fsp3) is 0.500. The molecule has 15 heavy (non-hydrogen) atoms. The first-order chi connectivity index (χ1) is 6.79. The van der Waals surface area contributed by atoms with E-state index in [1.165, 1.54) is 6.92 Å². The Bertz CT molecular complexity index is 410. The number of aromatic amines is 1. The van der Waals surface area contributed by atoms with Crippen molar-refractivity contribution in [1.82, 2.24) is 9.97 Å². The molecule has 0 fully saturated rings. The highest BCUT2D eigenvalue weighted by Crippen LogP contribution is 2.20.